The largest absolute Gasteiger partial charge is 0.465 e. The van der Waals surface area contributed by atoms with Gasteiger partial charge in [-0.25, -0.2) is 4.79 Å². The van der Waals surface area contributed by atoms with Crippen LogP contribution >= 0.6 is 0 Å². The van der Waals surface area contributed by atoms with Crippen LogP contribution in [0.25, 0.3) is 22.2 Å². The molecule has 8 nitrogen and oxygen atoms in total. The monoisotopic (exact) mass is 458 g/mol. The molecule has 0 amide bonds. The van der Waals surface area contributed by atoms with E-state index in [4.69, 9.17) is 15.2 Å². The Labute approximate surface area is 197 Å². The highest BCUT2D eigenvalue weighted by Gasteiger charge is 2.20. The number of aromatic nitrogens is 2. The third-order valence-corrected chi connectivity index (χ3v) is 5.39. The number of rotatable bonds is 8. The number of para-hydroxylation sites is 1. The van der Waals surface area contributed by atoms with E-state index >= 15 is 0 Å². The SMILES string of the molecule is CCOC(=O)c1cccc2nc(OCC)n(Cc3ccc(-c4ccccc4)c(C(N)=NO)c3)c12. The van der Waals surface area contributed by atoms with E-state index in [1.165, 1.54) is 0 Å². The third-order valence-electron chi connectivity index (χ3n) is 5.39. The lowest BCUT2D eigenvalue weighted by atomic mass is 9.96. The van der Waals surface area contributed by atoms with Crippen LogP contribution in [0.1, 0.15) is 35.3 Å². The van der Waals surface area contributed by atoms with Gasteiger partial charge in [0.2, 0.25) is 0 Å². The smallest absolute Gasteiger partial charge is 0.340 e. The minimum atomic E-state index is -0.422. The number of imidazole rings is 1. The maximum atomic E-state index is 12.7. The number of carbonyl (C=O) groups is 1. The van der Waals surface area contributed by atoms with Gasteiger partial charge in [-0.1, -0.05) is 53.7 Å². The molecule has 1 aromatic heterocycles. The second-order valence-corrected chi connectivity index (χ2v) is 7.54. The van der Waals surface area contributed by atoms with E-state index < -0.39 is 5.97 Å². The molecule has 3 aromatic carbocycles. The number of ether oxygens (including phenoxy) is 2. The molecule has 34 heavy (non-hydrogen) atoms. The van der Waals surface area contributed by atoms with Crippen molar-refractivity contribution in [2.24, 2.45) is 10.9 Å². The van der Waals surface area contributed by atoms with E-state index in [9.17, 15) is 10.0 Å². The first-order valence-corrected chi connectivity index (χ1v) is 11.0. The Morgan fingerprint density at radius 2 is 1.82 bits per heavy atom. The lowest BCUT2D eigenvalue weighted by molar-refractivity contribution is 0.0528. The molecule has 0 atom stereocenters. The molecule has 3 N–H and O–H groups in total. The molecule has 1 heterocycles. The zero-order valence-electron chi connectivity index (χ0n) is 19.1. The summed E-state index contributed by atoms with van der Waals surface area (Å²) >= 11 is 0. The molecule has 0 radical (unpaired) electrons. The van der Waals surface area contributed by atoms with Crippen molar-refractivity contribution in [2.75, 3.05) is 13.2 Å². The number of benzene rings is 3. The second-order valence-electron chi connectivity index (χ2n) is 7.54. The third kappa shape index (κ3) is 4.43. The number of fused-ring (bicyclic) bond motifs is 1. The van der Waals surface area contributed by atoms with Crippen molar-refractivity contribution < 1.29 is 19.5 Å². The molecule has 0 spiro atoms. The quantitative estimate of drug-likeness (QED) is 0.133. The molecule has 4 rings (SSSR count). The van der Waals surface area contributed by atoms with Crippen LogP contribution in [0.15, 0.2) is 71.9 Å². The van der Waals surface area contributed by atoms with Crippen molar-refractivity contribution in [3.63, 3.8) is 0 Å². The minimum absolute atomic E-state index is 0.00781. The first-order chi connectivity index (χ1) is 16.6. The normalized spacial score (nSPS) is 11.5. The Morgan fingerprint density at radius 1 is 1.03 bits per heavy atom. The molecule has 4 aromatic rings. The molecule has 8 heteroatoms. The van der Waals surface area contributed by atoms with Crippen LogP contribution < -0.4 is 10.5 Å². The first-order valence-electron chi connectivity index (χ1n) is 11.0. The highest BCUT2D eigenvalue weighted by atomic mass is 16.5. The summed E-state index contributed by atoms with van der Waals surface area (Å²) in [7, 11) is 0. The van der Waals surface area contributed by atoms with Crippen molar-refractivity contribution in [2.45, 2.75) is 20.4 Å². The summed E-state index contributed by atoms with van der Waals surface area (Å²) in [5.41, 5.74) is 11.0. The standard InChI is InChI=1S/C26H26N4O4/c1-3-33-25(31)20-11-8-12-22-23(20)30(26(28-22)34-4-2)16-17-13-14-19(18-9-6-5-7-10-18)21(15-17)24(27)29-32/h5-15,32H,3-4,16H2,1-2H3,(H2,27,29). The van der Waals surface area contributed by atoms with E-state index in [1.54, 1.807) is 19.1 Å². The van der Waals surface area contributed by atoms with Crippen molar-refractivity contribution >= 4 is 22.8 Å². The molecule has 0 aliphatic heterocycles. The van der Waals surface area contributed by atoms with Gasteiger partial charge in [-0.05, 0) is 48.7 Å². The van der Waals surface area contributed by atoms with Gasteiger partial charge in [0.15, 0.2) is 5.84 Å². The highest BCUT2D eigenvalue weighted by molar-refractivity contribution is 6.04. The number of amidine groups is 1. The molecule has 0 fully saturated rings. The van der Waals surface area contributed by atoms with Crippen molar-refractivity contribution in [3.8, 4) is 17.1 Å². The summed E-state index contributed by atoms with van der Waals surface area (Å²) in [5.74, 6) is -0.414. The fourth-order valence-corrected chi connectivity index (χ4v) is 3.93. The van der Waals surface area contributed by atoms with Gasteiger partial charge in [0.1, 0.15) is 0 Å². The molecule has 0 aliphatic carbocycles. The molecule has 174 valence electrons. The fourth-order valence-electron chi connectivity index (χ4n) is 3.93. The molecule has 0 unspecified atom stereocenters. The molecule has 0 aliphatic rings. The van der Waals surface area contributed by atoms with Gasteiger partial charge in [0, 0.05) is 5.56 Å². The Morgan fingerprint density at radius 3 is 2.53 bits per heavy atom. The van der Waals surface area contributed by atoms with Gasteiger partial charge in [0.05, 0.1) is 36.4 Å². The van der Waals surface area contributed by atoms with Gasteiger partial charge < -0.3 is 20.4 Å². The second kappa shape index (κ2) is 10.1. The van der Waals surface area contributed by atoms with E-state index in [0.29, 0.717) is 41.3 Å². The average Bonchev–Trinajstić information content (AvgIpc) is 3.21. The number of hydrogen-bond donors (Lipinski definition) is 2. The van der Waals surface area contributed by atoms with E-state index in [-0.39, 0.29) is 12.4 Å². The summed E-state index contributed by atoms with van der Waals surface area (Å²) < 4.78 is 12.9. The van der Waals surface area contributed by atoms with Crippen molar-refractivity contribution in [1.29, 1.82) is 0 Å². The summed E-state index contributed by atoms with van der Waals surface area (Å²) in [6.45, 7) is 4.68. The van der Waals surface area contributed by atoms with Gasteiger partial charge in [0.25, 0.3) is 6.01 Å². The lowest BCUT2D eigenvalue weighted by Crippen LogP contribution is -2.15. The minimum Gasteiger partial charge on any atom is -0.465 e. The van der Waals surface area contributed by atoms with Crippen LogP contribution in [0.2, 0.25) is 0 Å². The zero-order valence-corrected chi connectivity index (χ0v) is 19.1. The summed E-state index contributed by atoms with van der Waals surface area (Å²) in [4.78, 5) is 17.2. The first kappa shape index (κ1) is 22.8. The predicted octanol–water partition coefficient (Wildman–Crippen LogP) is 4.42. The van der Waals surface area contributed by atoms with Crippen LogP contribution in [-0.4, -0.2) is 39.8 Å². The molecule has 0 bridgehead atoms. The molecular weight excluding hydrogens is 432 g/mol. The summed E-state index contributed by atoms with van der Waals surface area (Å²) in [6.07, 6.45) is 0. The molecular formula is C26H26N4O4. The summed E-state index contributed by atoms with van der Waals surface area (Å²) in [6, 6.07) is 21.2. The topological polar surface area (TPSA) is 112 Å². The van der Waals surface area contributed by atoms with Gasteiger partial charge in [-0.3, -0.25) is 4.57 Å². The number of nitrogens with zero attached hydrogens (tertiary/aromatic N) is 3. The average molecular weight is 459 g/mol. The van der Waals surface area contributed by atoms with Crippen LogP contribution in [0.3, 0.4) is 0 Å². The van der Waals surface area contributed by atoms with E-state index in [0.717, 1.165) is 16.7 Å². The zero-order chi connectivity index (χ0) is 24.1. The Kier molecular flexibility index (Phi) is 6.77. The number of oxime groups is 1. The van der Waals surface area contributed by atoms with Crippen LogP contribution in [0.4, 0.5) is 0 Å². The Hall–Kier alpha value is -4.33. The van der Waals surface area contributed by atoms with Gasteiger partial charge in [-0.2, -0.15) is 4.98 Å². The lowest BCUT2D eigenvalue weighted by Gasteiger charge is -2.14. The molecule has 0 saturated heterocycles. The Bertz CT molecular complexity index is 1350. The Balaban J connectivity index is 1.85. The fraction of sp³-hybridized carbons (Fsp3) is 0.192. The maximum absolute atomic E-state index is 12.7. The van der Waals surface area contributed by atoms with Crippen molar-refractivity contribution in [1.82, 2.24) is 9.55 Å². The van der Waals surface area contributed by atoms with Crippen LogP contribution in [0.5, 0.6) is 6.01 Å². The van der Waals surface area contributed by atoms with Gasteiger partial charge >= 0.3 is 5.97 Å². The molecule has 0 saturated carbocycles. The summed E-state index contributed by atoms with van der Waals surface area (Å²) in [5, 5.41) is 12.6. The van der Waals surface area contributed by atoms with Crippen molar-refractivity contribution in [3.05, 3.63) is 83.4 Å². The highest BCUT2D eigenvalue weighted by Crippen LogP contribution is 2.29. The van der Waals surface area contributed by atoms with Gasteiger partial charge in [-0.15, -0.1) is 0 Å². The number of hydrogen-bond acceptors (Lipinski definition) is 6. The van der Waals surface area contributed by atoms with E-state index in [2.05, 4.69) is 10.1 Å². The van der Waals surface area contributed by atoms with E-state index in [1.807, 2.05) is 66.1 Å². The van der Waals surface area contributed by atoms with Crippen LogP contribution in [0, 0.1) is 0 Å². The number of nitrogens with two attached hydrogens (primary N) is 1. The van der Waals surface area contributed by atoms with Crippen LogP contribution in [-0.2, 0) is 11.3 Å². The predicted molar refractivity (Wildman–Crippen MR) is 130 cm³/mol. The number of carbonyl (C=O) groups excluding carboxylic acids is 1. The maximum Gasteiger partial charge on any atom is 0.340 e. The number of esters is 1.